The van der Waals surface area contributed by atoms with Gasteiger partial charge in [0.05, 0.1) is 12.1 Å². The minimum atomic E-state index is -1.44. The van der Waals surface area contributed by atoms with Crippen molar-refractivity contribution < 1.29 is 17.9 Å². The largest absolute Gasteiger partial charge is 0.379 e. The molecule has 2 unspecified atom stereocenters. The van der Waals surface area contributed by atoms with Gasteiger partial charge in [0.1, 0.15) is 0 Å². The van der Waals surface area contributed by atoms with Crippen molar-refractivity contribution in [3.05, 3.63) is 35.1 Å². The Morgan fingerprint density at radius 3 is 2.37 bits per heavy atom. The lowest BCUT2D eigenvalue weighted by Crippen LogP contribution is -2.34. The number of nitrogens with one attached hydrogen (secondary N) is 1. The van der Waals surface area contributed by atoms with Gasteiger partial charge in [0.25, 0.3) is 0 Å². The van der Waals surface area contributed by atoms with Crippen LogP contribution in [0, 0.1) is 17.5 Å². The molecule has 1 aromatic carbocycles. The van der Waals surface area contributed by atoms with Crippen LogP contribution in [-0.2, 0) is 4.74 Å². The van der Waals surface area contributed by atoms with E-state index in [0.717, 1.165) is 12.5 Å². The lowest BCUT2D eigenvalue weighted by atomic mass is 9.98. The molecule has 0 fully saturated rings. The van der Waals surface area contributed by atoms with Gasteiger partial charge in [0, 0.05) is 12.7 Å². The van der Waals surface area contributed by atoms with Gasteiger partial charge in [-0.3, -0.25) is 0 Å². The van der Waals surface area contributed by atoms with Crippen LogP contribution in [0.5, 0.6) is 0 Å². The molecule has 1 rings (SSSR count). The average Bonchev–Trinajstić information content (AvgIpc) is 2.42. The molecule has 0 amide bonds. The van der Waals surface area contributed by atoms with Crippen LogP contribution < -0.4 is 5.32 Å². The summed E-state index contributed by atoms with van der Waals surface area (Å²) in [7, 11) is 1.52. The number of hydrogen-bond acceptors (Lipinski definition) is 2. The van der Waals surface area contributed by atoms with Gasteiger partial charge in [-0.05, 0) is 25.5 Å². The van der Waals surface area contributed by atoms with Gasteiger partial charge in [-0.2, -0.15) is 0 Å². The molecule has 2 atom stereocenters. The minimum Gasteiger partial charge on any atom is -0.379 e. The smallest absolute Gasteiger partial charge is 0.194 e. The SMILES string of the molecule is CCCNC(c1ccc(F)c(F)c1F)C(CC)OC. The predicted octanol–water partition coefficient (Wildman–Crippen LogP) is 3.57. The van der Waals surface area contributed by atoms with E-state index in [4.69, 9.17) is 4.74 Å². The number of rotatable bonds is 7. The molecule has 0 aliphatic rings. The first kappa shape index (κ1) is 16.0. The van der Waals surface area contributed by atoms with E-state index in [-0.39, 0.29) is 11.7 Å². The van der Waals surface area contributed by atoms with Crippen molar-refractivity contribution >= 4 is 0 Å². The molecule has 0 saturated heterocycles. The molecular weight excluding hydrogens is 255 g/mol. The molecule has 5 heteroatoms. The van der Waals surface area contributed by atoms with Gasteiger partial charge in [-0.1, -0.05) is 19.9 Å². The van der Waals surface area contributed by atoms with Gasteiger partial charge in [-0.25, -0.2) is 13.2 Å². The van der Waals surface area contributed by atoms with Crippen molar-refractivity contribution in [2.45, 2.75) is 38.8 Å². The highest BCUT2D eigenvalue weighted by Crippen LogP contribution is 2.26. The molecule has 0 aromatic heterocycles. The Balaban J connectivity index is 3.13. The lowest BCUT2D eigenvalue weighted by Gasteiger charge is -2.27. The Kier molecular flexibility index (Phi) is 6.31. The van der Waals surface area contributed by atoms with Crippen LogP contribution in [0.25, 0.3) is 0 Å². The highest BCUT2D eigenvalue weighted by Gasteiger charge is 2.26. The summed E-state index contributed by atoms with van der Waals surface area (Å²) in [5, 5.41) is 3.12. The van der Waals surface area contributed by atoms with E-state index in [1.165, 1.54) is 13.2 Å². The first-order valence-corrected chi connectivity index (χ1v) is 6.46. The highest BCUT2D eigenvalue weighted by atomic mass is 19.2. The zero-order chi connectivity index (χ0) is 14.4. The Morgan fingerprint density at radius 2 is 1.84 bits per heavy atom. The van der Waals surface area contributed by atoms with Crippen LogP contribution in [0.1, 0.15) is 38.3 Å². The number of methoxy groups -OCH3 is 1. The zero-order valence-corrected chi connectivity index (χ0v) is 11.5. The van der Waals surface area contributed by atoms with E-state index in [1.54, 1.807) is 0 Å². The summed E-state index contributed by atoms with van der Waals surface area (Å²) in [5.41, 5.74) is 0.0982. The Bertz CT molecular complexity index is 408. The summed E-state index contributed by atoms with van der Waals surface area (Å²) in [6, 6.07) is 1.71. The maximum atomic E-state index is 13.9. The van der Waals surface area contributed by atoms with Crippen LogP contribution in [0.3, 0.4) is 0 Å². The highest BCUT2D eigenvalue weighted by molar-refractivity contribution is 5.24. The summed E-state index contributed by atoms with van der Waals surface area (Å²) in [5.74, 6) is -3.77. The average molecular weight is 275 g/mol. The maximum absolute atomic E-state index is 13.9. The summed E-state index contributed by atoms with van der Waals surface area (Å²) in [4.78, 5) is 0. The van der Waals surface area contributed by atoms with Crippen molar-refractivity contribution in [1.29, 1.82) is 0 Å². The third-order valence-corrected chi connectivity index (χ3v) is 3.09. The molecule has 0 heterocycles. The second-order valence-electron chi connectivity index (χ2n) is 4.38. The van der Waals surface area contributed by atoms with Crippen LogP contribution in [0.2, 0.25) is 0 Å². The topological polar surface area (TPSA) is 21.3 Å². The Hall–Kier alpha value is -1.07. The number of hydrogen-bond donors (Lipinski definition) is 1. The van der Waals surface area contributed by atoms with E-state index in [0.29, 0.717) is 13.0 Å². The molecule has 0 aliphatic heterocycles. The maximum Gasteiger partial charge on any atom is 0.194 e. The quantitative estimate of drug-likeness (QED) is 0.768. The third kappa shape index (κ3) is 3.70. The van der Waals surface area contributed by atoms with Crippen molar-refractivity contribution in [3.63, 3.8) is 0 Å². The van der Waals surface area contributed by atoms with E-state index in [1.807, 2.05) is 13.8 Å². The summed E-state index contributed by atoms with van der Waals surface area (Å²) >= 11 is 0. The van der Waals surface area contributed by atoms with Crippen molar-refractivity contribution in [3.8, 4) is 0 Å². The molecule has 108 valence electrons. The van der Waals surface area contributed by atoms with Crippen LogP contribution in [0.15, 0.2) is 12.1 Å². The number of halogens is 3. The molecule has 0 bridgehead atoms. The number of benzene rings is 1. The molecule has 0 aliphatic carbocycles. The normalized spacial score (nSPS) is 14.4. The summed E-state index contributed by atoms with van der Waals surface area (Å²) < 4.78 is 45.5. The van der Waals surface area contributed by atoms with E-state index < -0.39 is 23.5 Å². The molecule has 0 spiro atoms. The van der Waals surface area contributed by atoms with Crippen molar-refractivity contribution in [1.82, 2.24) is 5.32 Å². The molecule has 0 radical (unpaired) electrons. The monoisotopic (exact) mass is 275 g/mol. The van der Waals surface area contributed by atoms with Gasteiger partial charge in [0.15, 0.2) is 17.5 Å². The van der Waals surface area contributed by atoms with Gasteiger partial charge in [-0.15, -0.1) is 0 Å². The van der Waals surface area contributed by atoms with Gasteiger partial charge in [0.2, 0.25) is 0 Å². The van der Waals surface area contributed by atoms with Crippen molar-refractivity contribution in [2.24, 2.45) is 0 Å². The van der Waals surface area contributed by atoms with Gasteiger partial charge < -0.3 is 10.1 Å². The Morgan fingerprint density at radius 1 is 1.16 bits per heavy atom. The predicted molar refractivity (Wildman–Crippen MR) is 68.4 cm³/mol. The lowest BCUT2D eigenvalue weighted by molar-refractivity contribution is 0.0636. The molecule has 1 aromatic rings. The number of ether oxygens (including phenoxy) is 1. The second kappa shape index (κ2) is 7.50. The third-order valence-electron chi connectivity index (χ3n) is 3.09. The second-order valence-corrected chi connectivity index (χ2v) is 4.38. The fourth-order valence-corrected chi connectivity index (χ4v) is 2.06. The van der Waals surface area contributed by atoms with Crippen LogP contribution >= 0.6 is 0 Å². The molecule has 19 heavy (non-hydrogen) atoms. The zero-order valence-electron chi connectivity index (χ0n) is 11.5. The van der Waals surface area contributed by atoms with Crippen LogP contribution in [-0.4, -0.2) is 19.8 Å². The summed E-state index contributed by atoms with van der Waals surface area (Å²) in [6.45, 7) is 4.51. The standard InChI is InChI=1S/C14H20F3NO/c1-4-8-18-14(11(5-2)19-3)9-6-7-10(15)13(17)12(9)16/h6-7,11,14,18H,4-5,8H2,1-3H3. The minimum absolute atomic E-state index is 0.0982. The molecule has 0 saturated carbocycles. The first-order chi connectivity index (χ1) is 9.06. The first-order valence-electron chi connectivity index (χ1n) is 6.46. The molecule has 2 nitrogen and oxygen atoms in total. The fourth-order valence-electron chi connectivity index (χ4n) is 2.06. The molecule has 1 N–H and O–H groups in total. The van der Waals surface area contributed by atoms with Crippen LogP contribution in [0.4, 0.5) is 13.2 Å². The van der Waals surface area contributed by atoms with E-state index in [9.17, 15) is 13.2 Å². The van der Waals surface area contributed by atoms with Gasteiger partial charge >= 0.3 is 0 Å². The molecular formula is C14H20F3NO. The van der Waals surface area contributed by atoms with E-state index in [2.05, 4.69) is 5.32 Å². The van der Waals surface area contributed by atoms with Crippen molar-refractivity contribution in [2.75, 3.05) is 13.7 Å². The summed E-state index contributed by atoms with van der Waals surface area (Å²) in [6.07, 6.45) is 1.18. The van der Waals surface area contributed by atoms with E-state index >= 15 is 0 Å². The Labute approximate surface area is 112 Å². The fraction of sp³-hybridized carbons (Fsp3) is 0.571.